The lowest BCUT2D eigenvalue weighted by atomic mass is 10.1. The molecule has 0 unspecified atom stereocenters. The molecule has 0 saturated heterocycles. The van der Waals surface area contributed by atoms with E-state index in [4.69, 9.17) is 11.6 Å². The molecule has 0 atom stereocenters. The summed E-state index contributed by atoms with van der Waals surface area (Å²) in [6, 6.07) is 5.43. The minimum absolute atomic E-state index is 0.0751. The van der Waals surface area contributed by atoms with Crippen molar-refractivity contribution in [1.82, 2.24) is 14.5 Å². The van der Waals surface area contributed by atoms with Gasteiger partial charge in [-0.2, -0.15) is 0 Å². The fourth-order valence-electron chi connectivity index (χ4n) is 2.40. The predicted molar refractivity (Wildman–Crippen MR) is 85.2 cm³/mol. The first-order valence-electron chi connectivity index (χ1n) is 6.59. The van der Waals surface area contributed by atoms with E-state index in [0.717, 1.165) is 22.5 Å². The van der Waals surface area contributed by atoms with Crippen molar-refractivity contribution >= 4 is 28.1 Å². The molecule has 2 N–H and O–H groups in total. The summed E-state index contributed by atoms with van der Waals surface area (Å²) in [5.41, 5.74) is 2.59. The number of hydrogen-bond acceptors (Lipinski definition) is 3. The van der Waals surface area contributed by atoms with Crippen molar-refractivity contribution in [2.24, 2.45) is 0 Å². The number of pyridine rings is 1. The van der Waals surface area contributed by atoms with E-state index in [-0.39, 0.29) is 5.56 Å². The van der Waals surface area contributed by atoms with Crippen LogP contribution < -0.4 is 10.9 Å². The standard InChI is InChI=1S/C15H15ClN4O/c1-9-14(19-8-18-9)7-20-4-3-11-12(15(20)21)5-10(16)6-13(11)17-2/h3-6,8,17H,7H2,1-2H3,(H,18,19). The predicted octanol–water partition coefficient (Wildman–Crippen LogP) is 2.78. The summed E-state index contributed by atoms with van der Waals surface area (Å²) in [7, 11) is 1.81. The number of fused-ring (bicyclic) bond motifs is 1. The first kappa shape index (κ1) is 13.7. The molecule has 0 saturated carbocycles. The summed E-state index contributed by atoms with van der Waals surface area (Å²) in [5, 5.41) is 5.06. The zero-order valence-corrected chi connectivity index (χ0v) is 12.5. The van der Waals surface area contributed by atoms with Gasteiger partial charge in [0.25, 0.3) is 5.56 Å². The molecule has 0 aliphatic heterocycles. The molecule has 0 radical (unpaired) electrons. The fourth-order valence-corrected chi connectivity index (χ4v) is 2.62. The average molecular weight is 303 g/mol. The minimum Gasteiger partial charge on any atom is -0.388 e. The number of nitrogens with zero attached hydrogens (tertiary/aromatic N) is 2. The van der Waals surface area contributed by atoms with Crippen molar-refractivity contribution in [2.75, 3.05) is 12.4 Å². The third kappa shape index (κ3) is 2.40. The smallest absolute Gasteiger partial charge is 0.258 e. The van der Waals surface area contributed by atoms with Crippen LogP contribution in [0.3, 0.4) is 0 Å². The Hall–Kier alpha value is -2.27. The second-order valence-corrected chi connectivity index (χ2v) is 5.32. The van der Waals surface area contributed by atoms with Crippen LogP contribution in [0, 0.1) is 6.92 Å². The normalized spacial score (nSPS) is 11.0. The Morgan fingerprint density at radius 1 is 1.38 bits per heavy atom. The number of halogens is 1. The number of H-pyrrole nitrogens is 1. The zero-order chi connectivity index (χ0) is 15.0. The number of anilines is 1. The highest BCUT2D eigenvalue weighted by atomic mass is 35.5. The van der Waals surface area contributed by atoms with Crippen LogP contribution in [0.2, 0.25) is 5.02 Å². The Morgan fingerprint density at radius 2 is 2.19 bits per heavy atom. The summed E-state index contributed by atoms with van der Waals surface area (Å²) in [6.45, 7) is 2.37. The van der Waals surface area contributed by atoms with Crippen molar-refractivity contribution in [3.8, 4) is 0 Å². The zero-order valence-electron chi connectivity index (χ0n) is 11.8. The van der Waals surface area contributed by atoms with Crippen molar-refractivity contribution < 1.29 is 0 Å². The van der Waals surface area contributed by atoms with Crippen LogP contribution in [0.15, 0.2) is 35.5 Å². The summed E-state index contributed by atoms with van der Waals surface area (Å²) in [5.74, 6) is 0. The maximum absolute atomic E-state index is 12.6. The number of aromatic nitrogens is 3. The van der Waals surface area contributed by atoms with Crippen molar-refractivity contribution in [3.63, 3.8) is 0 Å². The van der Waals surface area contributed by atoms with Gasteiger partial charge in [0.05, 0.1) is 24.0 Å². The first-order chi connectivity index (χ1) is 10.1. The van der Waals surface area contributed by atoms with Gasteiger partial charge in [0.2, 0.25) is 0 Å². The molecule has 0 aliphatic rings. The topological polar surface area (TPSA) is 62.7 Å². The summed E-state index contributed by atoms with van der Waals surface area (Å²) >= 11 is 6.09. The van der Waals surface area contributed by atoms with E-state index in [1.807, 2.05) is 26.1 Å². The quantitative estimate of drug-likeness (QED) is 0.782. The van der Waals surface area contributed by atoms with Crippen LogP contribution in [-0.4, -0.2) is 21.6 Å². The Bertz CT molecular complexity index is 866. The van der Waals surface area contributed by atoms with E-state index >= 15 is 0 Å². The number of rotatable bonds is 3. The summed E-state index contributed by atoms with van der Waals surface area (Å²) in [6.07, 6.45) is 3.42. The molecule has 3 aromatic rings. The highest BCUT2D eigenvalue weighted by molar-refractivity contribution is 6.31. The van der Waals surface area contributed by atoms with Gasteiger partial charge in [-0.1, -0.05) is 11.6 Å². The molecule has 0 aliphatic carbocycles. The number of aryl methyl sites for hydroxylation is 1. The maximum atomic E-state index is 12.6. The molecule has 2 heterocycles. The van der Waals surface area contributed by atoms with E-state index < -0.39 is 0 Å². The molecule has 108 valence electrons. The average Bonchev–Trinajstić information content (AvgIpc) is 2.87. The largest absolute Gasteiger partial charge is 0.388 e. The van der Waals surface area contributed by atoms with Gasteiger partial charge in [0.15, 0.2) is 0 Å². The van der Waals surface area contributed by atoms with Crippen LogP contribution in [-0.2, 0) is 6.54 Å². The van der Waals surface area contributed by atoms with Crippen molar-refractivity contribution in [1.29, 1.82) is 0 Å². The van der Waals surface area contributed by atoms with Crippen LogP contribution in [0.4, 0.5) is 5.69 Å². The van der Waals surface area contributed by atoms with E-state index in [1.54, 1.807) is 23.2 Å². The lowest BCUT2D eigenvalue weighted by molar-refractivity contribution is 0.746. The number of benzene rings is 1. The van der Waals surface area contributed by atoms with Gasteiger partial charge in [-0.05, 0) is 25.1 Å². The number of hydrogen-bond donors (Lipinski definition) is 2. The van der Waals surface area contributed by atoms with E-state index in [0.29, 0.717) is 17.0 Å². The molecule has 21 heavy (non-hydrogen) atoms. The van der Waals surface area contributed by atoms with E-state index in [1.165, 1.54) is 0 Å². The molecule has 2 aromatic heterocycles. The van der Waals surface area contributed by atoms with Gasteiger partial charge in [-0.15, -0.1) is 0 Å². The van der Waals surface area contributed by atoms with Crippen molar-refractivity contribution in [3.05, 3.63) is 57.5 Å². The van der Waals surface area contributed by atoms with Crippen LogP contribution in [0.1, 0.15) is 11.4 Å². The Balaban J connectivity index is 2.16. The molecule has 1 aromatic carbocycles. The van der Waals surface area contributed by atoms with Gasteiger partial charge >= 0.3 is 0 Å². The Morgan fingerprint density at radius 3 is 2.86 bits per heavy atom. The van der Waals surface area contributed by atoms with Crippen LogP contribution in [0.5, 0.6) is 0 Å². The summed E-state index contributed by atoms with van der Waals surface area (Å²) < 4.78 is 1.64. The number of aromatic amines is 1. The molecule has 0 amide bonds. The van der Waals surface area contributed by atoms with Crippen LogP contribution >= 0.6 is 11.6 Å². The third-order valence-corrected chi connectivity index (χ3v) is 3.80. The van der Waals surface area contributed by atoms with Crippen molar-refractivity contribution in [2.45, 2.75) is 13.5 Å². The minimum atomic E-state index is -0.0751. The second kappa shape index (κ2) is 5.26. The Kier molecular flexibility index (Phi) is 3.43. The SMILES string of the molecule is CNc1cc(Cl)cc2c(=O)n(Cc3nc[nH]c3C)ccc12. The Labute approximate surface area is 126 Å². The molecule has 3 rings (SSSR count). The lowest BCUT2D eigenvalue weighted by Gasteiger charge is -2.10. The number of imidazole rings is 1. The monoisotopic (exact) mass is 302 g/mol. The second-order valence-electron chi connectivity index (χ2n) is 4.89. The molecule has 5 nitrogen and oxygen atoms in total. The lowest BCUT2D eigenvalue weighted by Crippen LogP contribution is -2.20. The molecular weight excluding hydrogens is 288 g/mol. The third-order valence-electron chi connectivity index (χ3n) is 3.58. The van der Waals surface area contributed by atoms with Gasteiger partial charge in [-0.25, -0.2) is 4.98 Å². The molecule has 0 fully saturated rings. The van der Waals surface area contributed by atoms with Gasteiger partial charge in [-0.3, -0.25) is 4.79 Å². The molecule has 0 bridgehead atoms. The number of nitrogens with one attached hydrogen (secondary N) is 2. The highest BCUT2D eigenvalue weighted by Crippen LogP contribution is 2.25. The van der Waals surface area contributed by atoms with Gasteiger partial charge in [0, 0.05) is 35.0 Å². The van der Waals surface area contributed by atoms with E-state index in [9.17, 15) is 4.79 Å². The van der Waals surface area contributed by atoms with Gasteiger partial charge < -0.3 is 14.9 Å². The van der Waals surface area contributed by atoms with Crippen LogP contribution in [0.25, 0.3) is 10.8 Å². The first-order valence-corrected chi connectivity index (χ1v) is 6.97. The van der Waals surface area contributed by atoms with Gasteiger partial charge in [0.1, 0.15) is 0 Å². The molecule has 6 heteroatoms. The summed E-state index contributed by atoms with van der Waals surface area (Å²) in [4.78, 5) is 19.9. The fraction of sp³-hybridized carbons (Fsp3) is 0.200. The van der Waals surface area contributed by atoms with E-state index in [2.05, 4.69) is 15.3 Å². The highest BCUT2D eigenvalue weighted by Gasteiger charge is 2.09. The molecular formula is C15H15ClN4O. The maximum Gasteiger partial charge on any atom is 0.258 e. The molecule has 0 spiro atoms.